The smallest absolute Gasteiger partial charge is 0.220 e. The van der Waals surface area contributed by atoms with Crippen molar-refractivity contribution in [3.63, 3.8) is 0 Å². The van der Waals surface area contributed by atoms with E-state index in [1.54, 1.807) is 6.92 Å². The maximum atomic E-state index is 12.1. The molecule has 2 aliphatic heterocycles. The van der Waals surface area contributed by atoms with E-state index >= 15 is 0 Å². The van der Waals surface area contributed by atoms with Crippen LogP contribution in [0.5, 0.6) is 0 Å². The highest BCUT2D eigenvalue weighted by Crippen LogP contribution is 2.36. The van der Waals surface area contributed by atoms with Gasteiger partial charge in [-0.3, -0.25) is 4.79 Å². The third-order valence-electron chi connectivity index (χ3n) is 5.05. The van der Waals surface area contributed by atoms with Crippen LogP contribution in [-0.2, 0) is 11.3 Å². The molecule has 1 N–H and O–H groups in total. The van der Waals surface area contributed by atoms with E-state index in [0.29, 0.717) is 5.92 Å². The van der Waals surface area contributed by atoms with E-state index in [-0.39, 0.29) is 18.6 Å². The lowest BCUT2D eigenvalue weighted by Gasteiger charge is -2.39. The van der Waals surface area contributed by atoms with Gasteiger partial charge in [-0.05, 0) is 38.3 Å². The fourth-order valence-corrected chi connectivity index (χ4v) is 3.92. The van der Waals surface area contributed by atoms with Crippen molar-refractivity contribution in [2.45, 2.75) is 38.8 Å². The maximum absolute atomic E-state index is 12.1. The number of imidazole rings is 1. The number of aliphatic hydroxyl groups is 1. The molecule has 1 unspecified atom stereocenters. The Hall–Kier alpha value is -1.40. The Balaban J connectivity index is 1.81. The van der Waals surface area contributed by atoms with Crippen LogP contribution >= 0.6 is 0 Å². The lowest BCUT2D eigenvalue weighted by Crippen LogP contribution is -2.43. The SMILES string of the molecule is CC(=O)N1CCCn2ccnc2C1C1CCN(CCO)CC1. The number of hydrogen-bond acceptors (Lipinski definition) is 4. The molecule has 22 heavy (non-hydrogen) atoms. The topological polar surface area (TPSA) is 61.6 Å². The fourth-order valence-electron chi connectivity index (χ4n) is 3.92. The third kappa shape index (κ3) is 3.03. The first-order valence-corrected chi connectivity index (χ1v) is 8.32. The van der Waals surface area contributed by atoms with Gasteiger partial charge in [0.2, 0.25) is 5.91 Å². The maximum Gasteiger partial charge on any atom is 0.220 e. The number of rotatable bonds is 3. The van der Waals surface area contributed by atoms with Crippen molar-refractivity contribution >= 4 is 5.91 Å². The average molecular weight is 306 g/mol. The van der Waals surface area contributed by atoms with Crippen LogP contribution < -0.4 is 0 Å². The molecule has 1 aromatic rings. The molecule has 6 heteroatoms. The van der Waals surface area contributed by atoms with Crippen LogP contribution in [0.25, 0.3) is 0 Å². The van der Waals surface area contributed by atoms with Gasteiger partial charge in [-0.25, -0.2) is 4.98 Å². The summed E-state index contributed by atoms with van der Waals surface area (Å²) in [6.07, 6.45) is 6.99. The summed E-state index contributed by atoms with van der Waals surface area (Å²) in [5, 5.41) is 9.08. The number of carbonyl (C=O) groups excluding carboxylic acids is 1. The van der Waals surface area contributed by atoms with E-state index in [1.807, 2.05) is 17.3 Å². The van der Waals surface area contributed by atoms with Gasteiger partial charge in [0.05, 0.1) is 12.6 Å². The number of aliphatic hydroxyl groups excluding tert-OH is 1. The van der Waals surface area contributed by atoms with E-state index in [0.717, 1.165) is 57.8 Å². The molecule has 1 fully saturated rings. The first-order valence-electron chi connectivity index (χ1n) is 8.32. The highest BCUT2D eigenvalue weighted by Gasteiger charge is 2.36. The van der Waals surface area contributed by atoms with Gasteiger partial charge in [-0.15, -0.1) is 0 Å². The molecule has 1 atom stereocenters. The lowest BCUT2D eigenvalue weighted by molar-refractivity contribution is -0.133. The molecule has 1 amide bonds. The lowest BCUT2D eigenvalue weighted by atomic mass is 9.87. The summed E-state index contributed by atoms with van der Waals surface area (Å²) in [5.74, 6) is 1.66. The monoisotopic (exact) mass is 306 g/mol. The first-order chi connectivity index (χ1) is 10.7. The molecule has 0 aromatic carbocycles. The normalized spacial score (nSPS) is 24.1. The quantitative estimate of drug-likeness (QED) is 0.900. The zero-order valence-corrected chi connectivity index (χ0v) is 13.3. The van der Waals surface area contributed by atoms with Gasteiger partial charge in [-0.1, -0.05) is 0 Å². The number of β-amino-alcohol motifs (C(OH)–C–C–N with tert-alkyl or cyclic N) is 1. The average Bonchev–Trinajstić information content (AvgIpc) is 2.88. The van der Waals surface area contributed by atoms with E-state index in [4.69, 9.17) is 5.11 Å². The van der Waals surface area contributed by atoms with Gasteiger partial charge in [0, 0.05) is 39.0 Å². The second-order valence-corrected chi connectivity index (χ2v) is 6.39. The molecule has 1 saturated heterocycles. The van der Waals surface area contributed by atoms with Crippen molar-refractivity contribution < 1.29 is 9.90 Å². The van der Waals surface area contributed by atoms with Crippen LogP contribution in [0.3, 0.4) is 0 Å². The predicted octanol–water partition coefficient (Wildman–Crippen LogP) is 0.881. The minimum Gasteiger partial charge on any atom is -0.395 e. The number of aromatic nitrogens is 2. The highest BCUT2D eigenvalue weighted by molar-refractivity contribution is 5.73. The first kappa shape index (κ1) is 15.5. The Morgan fingerprint density at radius 3 is 2.77 bits per heavy atom. The molecule has 6 nitrogen and oxygen atoms in total. The van der Waals surface area contributed by atoms with Crippen molar-refractivity contribution in [3.8, 4) is 0 Å². The van der Waals surface area contributed by atoms with Gasteiger partial charge in [0.15, 0.2) is 0 Å². The Kier molecular flexibility index (Phi) is 4.78. The zero-order valence-electron chi connectivity index (χ0n) is 13.3. The summed E-state index contributed by atoms with van der Waals surface area (Å²) in [5.41, 5.74) is 0. The number of aryl methyl sites for hydroxylation is 1. The van der Waals surface area contributed by atoms with Crippen molar-refractivity contribution in [3.05, 3.63) is 18.2 Å². The number of likely N-dealkylation sites (tertiary alicyclic amines) is 1. The fraction of sp³-hybridized carbons (Fsp3) is 0.750. The van der Waals surface area contributed by atoms with Crippen LogP contribution in [0.15, 0.2) is 12.4 Å². The van der Waals surface area contributed by atoms with Gasteiger partial charge in [0.1, 0.15) is 5.82 Å². The predicted molar refractivity (Wildman–Crippen MR) is 83.2 cm³/mol. The minimum absolute atomic E-state index is 0.103. The number of fused-ring (bicyclic) bond motifs is 1. The van der Waals surface area contributed by atoms with Crippen LogP contribution in [0.4, 0.5) is 0 Å². The van der Waals surface area contributed by atoms with Crippen LogP contribution in [0, 0.1) is 5.92 Å². The standard InChI is InChI=1S/C16H26N4O2/c1-13(22)20-7-2-6-19-10-5-17-16(19)15(20)14-3-8-18(9-4-14)11-12-21/h5,10,14-15,21H,2-4,6-9,11-12H2,1H3. The molecule has 0 bridgehead atoms. The van der Waals surface area contributed by atoms with E-state index in [2.05, 4.69) is 14.5 Å². The molecule has 0 spiro atoms. The number of carbonyl (C=O) groups is 1. The molecule has 0 radical (unpaired) electrons. The van der Waals surface area contributed by atoms with Gasteiger partial charge < -0.3 is 19.5 Å². The Labute approximate surface area is 131 Å². The number of nitrogens with zero attached hydrogens (tertiary/aromatic N) is 4. The van der Waals surface area contributed by atoms with Gasteiger partial charge >= 0.3 is 0 Å². The third-order valence-corrected chi connectivity index (χ3v) is 5.05. The number of hydrogen-bond donors (Lipinski definition) is 1. The molecule has 0 saturated carbocycles. The second kappa shape index (κ2) is 6.79. The van der Waals surface area contributed by atoms with Crippen molar-refractivity contribution in [2.24, 2.45) is 5.92 Å². The van der Waals surface area contributed by atoms with Crippen LogP contribution in [0.1, 0.15) is 38.1 Å². The Morgan fingerprint density at radius 1 is 1.32 bits per heavy atom. The highest BCUT2D eigenvalue weighted by atomic mass is 16.3. The molecule has 122 valence electrons. The molecule has 2 aliphatic rings. The van der Waals surface area contributed by atoms with Crippen LogP contribution in [0.2, 0.25) is 0 Å². The molecule has 1 aromatic heterocycles. The molecular weight excluding hydrogens is 280 g/mol. The summed E-state index contributed by atoms with van der Waals surface area (Å²) < 4.78 is 2.22. The Morgan fingerprint density at radius 2 is 2.09 bits per heavy atom. The van der Waals surface area contributed by atoms with Crippen molar-refractivity contribution in [1.29, 1.82) is 0 Å². The number of piperidine rings is 1. The summed E-state index contributed by atoms with van der Waals surface area (Å²) in [6.45, 7) is 6.40. The number of amides is 1. The zero-order chi connectivity index (χ0) is 15.5. The van der Waals surface area contributed by atoms with Gasteiger partial charge in [-0.2, -0.15) is 0 Å². The van der Waals surface area contributed by atoms with E-state index < -0.39 is 0 Å². The Bertz CT molecular complexity index is 508. The van der Waals surface area contributed by atoms with Crippen molar-refractivity contribution in [2.75, 3.05) is 32.8 Å². The molecule has 0 aliphatic carbocycles. The summed E-state index contributed by atoms with van der Waals surface area (Å²) >= 11 is 0. The second-order valence-electron chi connectivity index (χ2n) is 6.39. The minimum atomic E-state index is 0.103. The largest absolute Gasteiger partial charge is 0.395 e. The molecule has 3 rings (SSSR count). The summed E-state index contributed by atoms with van der Waals surface area (Å²) in [4.78, 5) is 21.1. The van der Waals surface area contributed by atoms with E-state index in [9.17, 15) is 4.79 Å². The molecule has 3 heterocycles. The van der Waals surface area contributed by atoms with Gasteiger partial charge in [0.25, 0.3) is 0 Å². The summed E-state index contributed by atoms with van der Waals surface area (Å²) in [6, 6.07) is 0.103. The van der Waals surface area contributed by atoms with E-state index in [1.165, 1.54) is 0 Å². The van der Waals surface area contributed by atoms with Crippen molar-refractivity contribution in [1.82, 2.24) is 19.4 Å². The summed E-state index contributed by atoms with van der Waals surface area (Å²) in [7, 11) is 0. The molecular formula is C16H26N4O2. The van der Waals surface area contributed by atoms with Crippen LogP contribution in [-0.4, -0.2) is 63.2 Å².